The number of hydrogen-bond donors (Lipinski definition) is 2. The van der Waals surface area contributed by atoms with Gasteiger partial charge in [0.1, 0.15) is 0 Å². The van der Waals surface area contributed by atoms with Crippen molar-refractivity contribution in [3.05, 3.63) is 0 Å². The molecule has 0 spiro atoms. The van der Waals surface area contributed by atoms with E-state index in [2.05, 4.69) is 5.32 Å². The molecule has 0 saturated heterocycles. The van der Waals surface area contributed by atoms with Crippen LogP contribution in [0.1, 0.15) is 25.7 Å². The van der Waals surface area contributed by atoms with Gasteiger partial charge in [0.15, 0.2) is 0 Å². The van der Waals surface area contributed by atoms with Crippen LogP contribution in [0.2, 0.25) is 0 Å². The molecule has 0 aromatic heterocycles. The molecule has 0 bridgehead atoms. The molecule has 0 heterocycles. The highest BCUT2D eigenvalue weighted by Gasteiger charge is 2.20. The molecule has 1 atom stereocenters. The quantitative estimate of drug-likeness (QED) is 0.575. The van der Waals surface area contributed by atoms with Gasteiger partial charge in [-0.2, -0.15) is 11.8 Å². The van der Waals surface area contributed by atoms with Crippen molar-refractivity contribution in [2.45, 2.75) is 31.7 Å². The number of thioether (sulfide) groups is 1. The van der Waals surface area contributed by atoms with Crippen molar-refractivity contribution >= 4 is 17.7 Å². The van der Waals surface area contributed by atoms with E-state index in [4.69, 9.17) is 10.5 Å². The monoisotopic (exact) mass is 260 g/mol. The Balaban J connectivity index is 1.87. The lowest BCUT2D eigenvalue weighted by molar-refractivity contribution is -0.122. The van der Waals surface area contributed by atoms with Gasteiger partial charge in [0.25, 0.3) is 0 Å². The van der Waals surface area contributed by atoms with E-state index < -0.39 is 0 Å². The SMILES string of the molecule is CSCC[C@H](N)C(=O)NCCCOCC1CC1. The summed E-state index contributed by atoms with van der Waals surface area (Å²) in [7, 11) is 0. The first-order valence-electron chi connectivity index (χ1n) is 6.34. The first-order valence-corrected chi connectivity index (χ1v) is 7.73. The highest BCUT2D eigenvalue weighted by molar-refractivity contribution is 7.98. The third kappa shape index (κ3) is 7.63. The first kappa shape index (κ1) is 14.8. The zero-order valence-electron chi connectivity index (χ0n) is 10.6. The van der Waals surface area contributed by atoms with Crippen molar-refractivity contribution in [2.24, 2.45) is 11.7 Å². The zero-order valence-corrected chi connectivity index (χ0v) is 11.4. The lowest BCUT2D eigenvalue weighted by Crippen LogP contribution is -2.41. The van der Waals surface area contributed by atoms with E-state index >= 15 is 0 Å². The summed E-state index contributed by atoms with van der Waals surface area (Å²) < 4.78 is 5.48. The molecule has 0 radical (unpaired) electrons. The largest absolute Gasteiger partial charge is 0.381 e. The third-order valence-corrected chi connectivity index (χ3v) is 3.43. The van der Waals surface area contributed by atoms with Gasteiger partial charge in [-0.15, -0.1) is 0 Å². The molecular formula is C12H24N2O2S. The molecule has 0 aromatic carbocycles. The fourth-order valence-electron chi connectivity index (χ4n) is 1.43. The van der Waals surface area contributed by atoms with E-state index in [1.807, 2.05) is 6.26 Å². The maximum absolute atomic E-state index is 11.5. The van der Waals surface area contributed by atoms with Crippen molar-refractivity contribution in [3.8, 4) is 0 Å². The number of nitrogens with two attached hydrogens (primary N) is 1. The van der Waals surface area contributed by atoms with Crippen molar-refractivity contribution in [3.63, 3.8) is 0 Å². The average Bonchev–Trinajstić information content (AvgIpc) is 3.14. The highest BCUT2D eigenvalue weighted by atomic mass is 32.2. The topological polar surface area (TPSA) is 64.4 Å². The van der Waals surface area contributed by atoms with Gasteiger partial charge in [-0.1, -0.05) is 0 Å². The van der Waals surface area contributed by atoms with E-state index in [9.17, 15) is 4.79 Å². The van der Waals surface area contributed by atoms with Crippen molar-refractivity contribution in [2.75, 3.05) is 31.8 Å². The Morgan fingerprint density at radius 3 is 3.00 bits per heavy atom. The highest BCUT2D eigenvalue weighted by Crippen LogP contribution is 2.28. The van der Waals surface area contributed by atoms with E-state index in [1.54, 1.807) is 11.8 Å². The van der Waals surface area contributed by atoms with Crippen LogP contribution in [0.15, 0.2) is 0 Å². The van der Waals surface area contributed by atoms with Crippen LogP contribution in [0.5, 0.6) is 0 Å². The average molecular weight is 260 g/mol. The van der Waals surface area contributed by atoms with Crippen molar-refractivity contribution in [1.82, 2.24) is 5.32 Å². The molecule has 5 heteroatoms. The Labute approximate surface area is 108 Å². The van der Waals surface area contributed by atoms with Gasteiger partial charge in [0.05, 0.1) is 6.04 Å². The Kier molecular flexibility index (Phi) is 7.64. The molecule has 100 valence electrons. The van der Waals surface area contributed by atoms with E-state index in [1.165, 1.54) is 12.8 Å². The van der Waals surface area contributed by atoms with E-state index in [0.29, 0.717) is 6.54 Å². The predicted molar refractivity (Wildman–Crippen MR) is 72.1 cm³/mol. The molecule has 1 aliphatic rings. The summed E-state index contributed by atoms with van der Waals surface area (Å²) in [5.74, 6) is 1.70. The molecule has 0 unspecified atom stereocenters. The fourth-order valence-corrected chi connectivity index (χ4v) is 1.92. The molecule has 3 N–H and O–H groups in total. The third-order valence-electron chi connectivity index (χ3n) is 2.78. The summed E-state index contributed by atoms with van der Waals surface area (Å²) in [5, 5.41) is 2.84. The second-order valence-corrected chi connectivity index (χ2v) is 5.54. The van der Waals surface area contributed by atoms with E-state index in [-0.39, 0.29) is 11.9 Å². The fraction of sp³-hybridized carbons (Fsp3) is 0.917. The normalized spacial score (nSPS) is 16.8. The van der Waals surface area contributed by atoms with Crippen LogP contribution >= 0.6 is 11.8 Å². The number of amides is 1. The van der Waals surface area contributed by atoms with Gasteiger partial charge in [-0.25, -0.2) is 0 Å². The van der Waals surface area contributed by atoms with Gasteiger partial charge >= 0.3 is 0 Å². The van der Waals surface area contributed by atoms with Gasteiger partial charge in [-0.05, 0) is 43.6 Å². The molecule has 1 fully saturated rings. The summed E-state index contributed by atoms with van der Waals surface area (Å²) in [6, 6.07) is -0.366. The maximum Gasteiger partial charge on any atom is 0.236 e. The van der Waals surface area contributed by atoms with Gasteiger partial charge < -0.3 is 15.8 Å². The number of carbonyl (C=O) groups excluding carboxylic acids is 1. The van der Waals surface area contributed by atoms with Crippen LogP contribution in [0.4, 0.5) is 0 Å². The Morgan fingerprint density at radius 2 is 2.35 bits per heavy atom. The molecule has 1 amide bonds. The van der Waals surface area contributed by atoms with Crippen LogP contribution in [0.25, 0.3) is 0 Å². The summed E-state index contributed by atoms with van der Waals surface area (Å²) in [6.45, 7) is 2.29. The number of rotatable bonds is 10. The summed E-state index contributed by atoms with van der Waals surface area (Å²) in [5.41, 5.74) is 5.74. The van der Waals surface area contributed by atoms with Crippen LogP contribution in [0.3, 0.4) is 0 Å². The molecule has 4 nitrogen and oxygen atoms in total. The lowest BCUT2D eigenvalue weighted by Gasteiger charge is -2.11. The lowest BCUT2D eigenvalue weighted by atomic mass is 10.2. The summed E-state index contributed by atoms with van der Waals surface area (Å²) >= 11 is 1.71. The van der Waals surface area contributed by atoms with Crippen molar-refractivity contribution in [1.29, 1.82) is 0 Å². The second kappa shape index (κ2) is 8.78. The molecule has 0 aromatic rings. The molecule has 0 aliphatic heterocycles. The number of carbonyl (C=O) groups is 1. The van der Waals surface area contributed by atoms with Gasteiger partial charge in [-0.3, -0.25) is 4.79 Å². The number of hydrogen-bond acceptors (Lipinski definition) is 4. The summed E-state index contributed by atoms with van der Waals surface area (Å²) in [4.78, 5) is 11.5. The minimum absolute atomic E-state index is 0.0405. The smallest absolute Gasteiger partial charge is 0.236 e. The maximum atomic E-state index is 11.5. The molecule has 1 aliphatic carbocycles. The molecule has 1 rings (SSSR count). The van der Waals surface area contributed by atoms with Crippen LogP contribution in [-0.4, -0.2) is 43.7 Å². The molecular weight excluding hydrogens is 236 g/mol. The van der Waals surface area contributed by atoms with Crippen LogP contribution < -0.4 is 11.1 Å². The molecule has 1 saturated carbocycles. The first-order chi connectivity index (χ1) is 8.24. The van der Waals surface area contributed by atoms with E-state index in [0.717, 1.165) is 37.7 Å². The van der Waals surface area contributed by atoms with Gasteiger partial charge in [0, 0.05) is 19.8 Å². The summed E-state index contributed by atoms with van der Waals surface area (Å²) in [6.07, 6.45) is 6.27. The Morgan fingerprint density at radius 1 is 1.59 bits per heavy atom. The van der Waals surface area contributed by atoms with Crippen LogP contribution in [-0.2, 0) is 9.53 Å². The second-order valence-electron chi connectivity index (χ2n) is 4.55. The number of nitrogens with one attached hydrogen (secondary N) is 1. The van der Waals surface area contributed by atoms with Gasteiger partial charge in [0.2, 0.25) is 5.91 Å². The molecule has 17 heavy (non-hydrogen) atoms. The Hall–Kier alpha value is -0.260. The van der Waals surface area contributed by atoms with Crippen molar-refractivity contribution < 1.29 is 9.53 Å². The predicted octanol–water partition coefficient (Wildman–Crippen LogP) is 1.000. The zero-order chi connectivity index (χ0) is 12.5. The number of ether oxygens (including phenoxy) is 1. The minimum atomic E-state index is -0.366. The Bertz CT molecular complexity index is 223. The standard InChI is InChI=1S/C12H24N2O2S/c1-17-8-5-11(13)12(15)14-6-2-7-16-9-10-3-4-10/h10-11H,2-9,13H2,1H3,(H,14,15)/t11-/m0/s1. The minimum Gasteiger partial charge on any atom is -0.381 e. The van der Waals surface area contributed by atoms with Crippen LogP contribution in [0, 0.1) is 5.92 Å².